The standard InChI is InChI=1S/C48H30N2S/c1-2-13-34(14-3-1)49-43-21-7-4-16-37(43)41-29-31(24-26-45(41)49)32-25-27-46-42(30-32)38-17-5-8-22-44(38)50(46)35-15-10-12-33(28-35)36-19-11-20-40-39-18-6-9-23-47(39)51-48(36)40/h1-30H. The first kappa shape index (κ1) is 28.4. The maximum Gasteiger partial charge on any atom is 0.0541 e. The molecule has 2 nitrogen and oxygen atoms in total. The third kappa shape index (κ3) is 4.29. The van der Waals surface area contributed by atoms with Gasteiger partial charge in [0.2, 0.25) is 0 Å². The van der Waals surface area contributed by atoms with Crippen LogP contribution in [-0.2, 0) is 0 Å². The molecule has 0 aliphatic rings. The molecule has 0 saturated heterocycles. The van der Waals surface area contributed by atoms with Gasteiger partial charge < -0.3 is 9.13 Å². The first-order valence-electron chi connectivity index (χ1n) is 17.4. The molecule has 0 N–H and O–H groups in total. The summed E-state index contributed by atoms with van der Waals surface area (Å²) in [5, 5.41) is 7.70. The Morgan fingerprint density at radius 3 is 1.55 bits per heavy atom. The van der Waals surface area contributed by atoms with E-state index in [0.717, 1.165) is 0 Å². The molecule has 238 valence electrons. The fourth-order valence-corrected chi connectivity index (χ4v) is 9.46. The van der Waals surface area contributed by atoms with Crippen LogP contribution in [0, 0.1) is 0 Å². The Morgan fingerprint density at radius 2 is 0.843 bits per heavy atom. The predicted octanol–water partition coefficient (Wildman–Crippen LogP) is 13.6. The van der Waals surface area contributed by atoms with Crippen LogP contribution in [-0.4, -0.2) is 9.13 Å². The lowest BCUT2D eigenvalue weighted by atomic mass is 10.0. The van der Waals surface area contributed by atoms with E-state index in [1.807, 2.05) is 11.3 Å². The van der Waals surface area contributed by atoms with Crippen molar-refractivity contribution in [3.8, 4) is 33.6 Å². The highest BCUT2D eigenvalue weighted by Crippen LogP contribution is 2.42. The van der Waals surface area contributed by atoms with Crippen molar-refractivity contribution >= 4 is 75.1 Å². The van der Waals surface area contributed by atoms with E-state index in [1.54, 1.807) is 0 Å². The van der Waals surface area contributed by atoms with Crippen LogP contribution in [0.5, 0.6) is 0 Å². The molecule has 3 heterocycles. The Kier molecular flexibility index (Phi) is 6.16. The summed E-state index contributed by atoms with van der Waals surface area (Å²) >= 11 is 1.88. The van der Waals surface area contributed by atoms with Gasteiger partial charge in [0.1, 0.15) is 0 Å². The third-order valence-electron chi connectivity index (χ3n) is 10.5. The summed E-state index contributed by atoms with van der Waals surface area (Å²) in [5.41, 5.74) is 12.1. The van der Waals surface area contributed by atoms with E-state index in [4.69, 9.17) is 0 Å². The zero-order chi connectivity index (χ0) is 33.5. The second-order valence-electron chi connectivity index (χ2n) is 13.3. The van der Waals surface area contributed by atoms with Gasteiger partial charge in [-0.3, -0.25) is 0 Å². The zero-order valence-electron chi connectivity index (χ0n) is 27.6. The Bertz CT molecular complexity index is 3140. The number of hydrogen-bond acceptors (Lipinski definition) is 1. The lowest BCUT2D eigenvalue weighted by Gasteiger charge is -2.11. The average molecular weight is 667 g/mol. The molecule has 0 aliphatic heterocycles. The van der Waals surface area contributed by atoms with Crippen molar-refractivity contribution < 1.29 is 0 Å². The molecule has 0 amide bonds. The van der Waals surface area contributed by atoms with Crippen LogP contribution in [0.4, 0.5) is 0 Å². The average Bonchev–Trinajstić information content (AvgIpc) is 3.85. The fraction of sp³-hybridized carbons (Fsp3) is 0. The lowest BCUT2D eigenvalue weighted by molar-refractivity contribution is 1.18. The first-order valence-corrected chi connectivity index (χ1v) is 18.3. The summed E-state index contributed by atoms with van der Waals surface area (Å²) in [6, 6.07) is 66.6. The van der Waals surface area contributed by atoms with E-state index in [1.165, 1.54) is 97.4 Å². The fourth-order valence-electron chi connectivity index (χ4n) is 8.23. The molecule has 0 aliphatic carbocycles. The van der Waals surface area contributed by atoms with Crippen LogP contribution in [0.2, 0.25) is 0 Å². The van der Waals surface area contributed by atoms with Crippen molar-refractivity contribution in [2.75, 3.05) is 0 Å². The normalized spacial score (nSPS) is 11.9. The van der Waals surface area contributed by atoms with Gasteiger partial charge in [0, 0.05) is 53.1 Å². The largest absolute Gasteiger partial charge is 0.309 e. The maximum absolute atomic E-state index is 2.43. The van der Waals surface area contributed by atoms with Gasteiger partial charge in [-0.2, -0.15) is 0 Å². The molecule has 0 atom stereocenters. The number of nitrogens with zero attached hydrogens (tertiary/aromatic N) is 2. The molecule has 0 saturated carbocycles. The second kappa shape index (κ2) is 11.0. The molecule has 0 fully saturated rings. The van der Waals surface area contributed by atoms with E-state index < -0.39 is 0 Å². The topological polar surface area (TPSA) is 9.86 Å². The molecule has 0 unspecified atom stereocenters. The predicted molar refractivity (Wildman–Crippen MR) is 219 cm³/mol. The van der Waals surface area contributed by atoms with Gasteiger partial charge in [0.25, 0.3) is 0 Å². The SMILES string of the molecule is c1ccc(-n2c3ccccc3c3cc(-c4ccc5c(c4)c4ccccc4n5-c4cccc(-c5cccc6c5sc5ccccc56)c4)ccc32)cc1. The summed E-state index contributed by atoms with van der Waals surface area (Å²) < 4.78 is 7.47. The molecule has 8 aromatic carbocycles. The van der Waals surface area contributed by atoms with Gasteiger partial charge in [0.15, 0.2) is 0 Å². The molecule has 11 rings (SSSR count). The van der Waals surface area contributed by atoms with Crippen molar-refractivity contribution in [1.29, 1.82) is 0 Å². The van der Waals surface area contributed by atoms with E-state index >= 15 is 0 Å². The molecule has 3 heteroatoms. The van der Waals surface area contributed by atoms with Crippen LogP contribution < -0.4 is 0 Å². The summed E-state index contributed by atoms with van der Waals surface area (Å²) in [7, 11) is 0. The van der Waals surface area contributed by atoms with Gasteiger partial charge in [-0.05, 0) is 89.0 Å². The van der Waals surface area contributed by atoms with E-state index in [2.05, 4.69) is 191 Å². The number of fused-ring (bicyclic) bond motifs is 9. The van der Waals surface area contributed by atoms with Crippen LogP contribution in [0.15, 0.2) is 182 Å². The van der Waals surface area contributed by atoms with Crippen LogP contribution in [0.1, 0.15) is 0 Å². The minimum Gasteiger partial charge on any atom is -0.309 e. The third-order valence-corrected chi connectivity index (χ3v) is 11.7. The molecule has 0 radical (unpaired) electrons. The molecule has 11 aromatic rings. The van der Waals surface area contributed by atoms with Gasteiger partial charge in [0.05, 0.1) is 22.1 Å². The molecule has 0 bridgehead atoms. The van der Waals surface area contributed by atoms with Gasteiger partial charge in [-0.1, -0.05) is 115 Å². The van der Waals surface area contributed by atoms with Crippen LogP contribution >= 0.6 is 11.3 Å². The molecule has 0 spiro atoms. The highest BCUT2D eigenvalue weighted by molar-refractivity contribution is 7.26. The maximum atomic E-state index is 2.43. The zero-order valence-corrected chi connectivity index (χ0v) is 28.4. The van der Waals surface area contributed by atoms with E-state index in [0.29, 0.717) is 0 Å². The number of benzene rings is 8. The highest BCUT2D eigenvalue weighted by Gasteiger charge is 2.17. The van der Waals surface area contributed by atoms with E-state index in [-0.39, 0.29) is 0 Å². The lowest BCUT2D eigenvalue weighted by Crippen LogP contribution is -1.94. The van der Waals surface area contributed by atoms with Crippen molar-refractivity contribution in [1.82, 2.24) is 9.13 Å². The number of aromatic nitrogens is 2. The Balaban J connectivity index is 1.07. The number of para-hydroxylation sites is 3. The summed E-state index contributed by atoms with van der Waals surface area (Å²) in [6.07, 6.45) is 0. The Labute approximate surface area is 298 Å². The summed E-state index contributed by atoms with van der Waals surface area (Å²) in [5.74, 6) is 0. The molecule has 51 heavy (non-hydrogen) atoms. The van der Waals surface area contributed by atoms with Gasteiger partial charge in [-0.25, -0.2) is 0 Å². The van der Waals surface area contributed by atoms with Gasteiger partial charge >= 0.3 is 0 Å². The van der Waals surface area contributed by atoms with Crippen molar-refractivity contribution in [3.05, 3.63) is 182 Å². The summed E-state index contributed by atoms with van der Waals surface area (Å²) in [4.78, 5) is 0. The van der Waals surface area contributed by atoms with Crippen molar-refractivity contribution in [3.63, 3.8) is 0 Å². The number of thiophene rings is 1. The minimum atomic E-state index is 1.17. The Hall–Kier alpha value is -6.42. The van der Waals surface area contributed by atoms with E-state index in [9.17, 15) is 0 Å². The highest BCUT2D eigenvalue weighted by atomic mass is 32.1. The minimum absolute atomic E-state index is 1.17. The van der Waals surface area contributed by atoms with Crippen molar-refractivity contribution in [2.24, 2.45) is 0 Å². The first-order chi connectivity index (χ1) is 25.3. The molecule has 3 aromatic heterocycles. The molecular formula is C48H30N2S. The van der Waals surface area contributed by atoms with Gasteiger partial charge in [-0.15, -0.1) is 11.3 Å². The van der Waals surface area contributed by atoms with Crippen molar-refractivity contribution in [2.45, 2.75) is 0 Å². The smallest absolute Gasteiger partial charge is 0.0541 e. The van der Waals surface area contributed by atoms with Crippen LogP contribution in [0.25, 0.3) is 97.4 Å². The Morgan fingerprint density at radius 1 is 0.314 bits per heavy atom. The monoisotopic (exact) mass is 666 g/mol. The number of hydrogen-bond donors (Lipinski definition) is 0. The van der Waals surface area contributed by atoms with Crippen LogP contribution in [0.3, 0.4) is 0 Å². The molecular weight excluding hydrogens is 637 g/mol. The quantitative estimate of drug-likeness (QED) is 0.177. The summed E-state index contributed by atoms with van der Waals surface area (Å²) in [6.45, 7) is 0. The second-order valence-corrected chi connectivity index (χ2v) is 14.4. The number of rotatable bonds is 4.